The molecule has 10 heteroatoms. The van der Waals surface area contributed by atoms with Gasteiger partial charge < -0.3 is 14.8 Å². The van der Waals surface area contributed by atoms with Crippen LogP contribution in [0.15, 0.2) is 24.4 Å². The fraction of sp³-hybridized carbons (Fsp3) is 0.412. The predicted molar refractivity (Wildman–Crippen MR) is 102 cm³/mol. The third-order valence-electron chi connectivity index (χ3n) is 4.01. The Morgan fingerprint density at radius 1 is 1.44 bits per heavy atom. The predicted octanol–water partition coefficient (Wildman–Crippen LogP) is 3.29. The summed E-state index contributed by atoms with van der Waals surface area (Å²) in [7, 11) is 0. The number of aromatic nitrogens is 1. The van der Waals surface area contributed by atoms with E-state index >= 15 is 0 Å². The van der Waals surface area contributed by atoms with Crippen LogP contribution in [0.25, 0.3) is 0 Å². The standard InChI is InChI=1S/C17H20N4O5S/c1-2-26-14-9-12(19-11-5-7-25-8-6-11)3-4-13(14)16(22)20-17-18-10-15(27-17)21(23)24/h3-4,9-11,19H,2,5-8H2,1H3,(H,18,20,22). The van der Waals surface area contributed by atoms with Gasteiger partial charge in [0, 0.05) is 31.0 Å². The Hall–Kier alpha value is -2.72. The second-order valence-corrected chi connectivity index (χ2v) is 6.90. The summed E-state index contributed by atoms with van der Waals surface area (Å²) in [5, 5.41) is 16.8. The average Bonchev–Trinajstić information content (AvgIpc) is 3.12. The van der Waals surface area contributed by atoms with Crippen LogP contribution < -0.4 is 15.4 Å². The summed E-state index contributed by atoms with van der Waals surface area (Å²) in [5.74, 6) is 0.0124. The highest BCUT2D eigenvalue weighted by atomic mass is 32.1. The third-order valence-corrected chi connectivity index (χ3v) is 4.88. The van der Waals surface area contributed by atoms with Gasteiger partial charge in [0.2, 0.25) is 0 Å². The number of amides is 1. The van der Waals surface area contributed by atoms with Gasteiger partial charge in [-0.05, 0) is 43.2 Å². The monoisotopic (exact) mass is 392 g/mol. The quantitative estimate of drug-likeness (QED) is 0.548. The van der Waals surface area contributed by atoms with E-state index in [-0.39, 0.29) is 10.1 Å². The van der Waals surface area contributed by atoms with Crippen molar-refractivity contribution in [2.24, 2.45) is 0 Å². The molecule has 1 saturated heterocycles. The number of nitrogens with zero attached hydrogens (tertiary/aromatic N) is 2. The normalized spacial score (nSPS) is 14.6. The van der Waals surface area contributed by atoms with E-state index in [1.165, 1.54) is 0 Å². The second-order valence-electron chi connectivity index (χ2n) is 5.89. The van der Waals surface area contributed by atoms with Gasteiger partial charge in [0.1, 0.15) is 11.9 Å². The molecule has 0 unspecified atom stereocenters. The Kier molecular flexibility index (Phi) is 6.20. The van der Waals surface area contributed by atoms with Gasteiger partial charge in [-0.3, -0.25) is 20.2 Å². The van der Waals surface area contributed by atoms with E-state index in [1.54, 1.807) is 12.1 Å². The highest BCUT2D eigenvalue weighted by Crippen LogP contribution is 2.28. The van der Waals surface area contributed by atoms with Crippen molar-refractivity contribution >= 4 is 33.1 Å². The molecule has 3 rings (SSSR count). The van der Waals surface area contributed by atoms with Crippen LogP contribution in [0.5, 0.6) is 5.75 Å². The zero-order chi connectivity index (χ0) is 19.2. The molecule has 1 aromatic heterocycles. The van der Waals surface area contributed by atoms with Gasteiger partial charge in [-0.15, -0.1) is 0 Å². The van der Waals surface area contributed by atoms with Crippen LogP contribution in [-0.2, 0) is 4.74 Å². The van der Waals surface area contributed by atoms with E-state index in [0.29, 0.717) is 24.0 Å². The Balaban J connectivity index is 1.74. The van der Waals surface area contributed by atoms with Crippen LogP contribution in [0.1, 0.15) is 30.1 Å². The molecule has 0 bridgehead atoms. The summed E-state index contributed by atoms with van der Waals surface area (Å²) < 4.78 is 11.0. The van der Waals surface area contributed by atoms with E-state index in [4.69, 9.17) is 9.47 Å². The molecule has 0 spiro atoms. The minimum absolute atomic E-state index is 0.133. The topological polar surface area (TPSA) is 116 Å². The summed E-state index contributed by atoms with van der Waals surface area (Å²) in [6.07, 6.45) is 2.97. The molecule has 0 radical (unpaired) electrons. The van der Waals surface area contributed by atoms with Crippen molar-refractivity contribution in [1.29, 1.82) is 0 Å². The molecule has 1 aromatic carbocycles. The lowest BCUT2D eigenvalue weighted by atomic mass is 10.1. The minimum atomic E-state index is -0.546. The first-order valence-electron chi connectivity index (χ1n) is 8.59. The number of anilines is 2. The summed E-state index contributed by atoms with van der Waals surface area (Å²) >= 11 is 0.802. The third kappa shape index (κ3) is 4.92. The molecule has 1 aliphatic heterocycles. The molecule has 2 aromatic rings. The minimum Gasteiger partial charge on any atom is -0.493 e. The van der Waals surface area contributed by atoms with Gasteiger partial charge in [0.25, 0.3) is 5.91 Å². The zero-order valence-electron chi connectivity index (χ0n) is 14.8. The Bertz CT molecular complexity index is 819. The molecule has 1 aliphatic rings. The summed E-state index contributed by atoms with van der Waals surface area (Å²) in [5.41, 5.74) is 1.21. The molecule has 2 N–H and O–H groups in total. The van der Waals surface area contributed by atoms with Gasteiger partial charge in [0.15, 0.2) is 5.13 Å². The van der Waals surface area contributed by atoms with Crippen molar-refractivity contribution in [3.8, 4) is 5.75 Å². The molecular formula is C17H20N4O5S. The number of carbonyl (C=O) groups excluding carboxylic acids is 1. The van der Waals surface area contributed by atoms with Gasteiger partial charge in [0.05, 0.1) is 17.1 Å². The molecule has 2 heterocycles. The van der Waals surface area contributed by atoms with Crippen LogP contribution >= 0.6 is 11.3 Å². The van der Waals surface area contributed by atoms with Crippen molar-refractivity contribution in [3.63, 3.8) is 0 Å². The van der Waals surface area contributed by atoms with E-state index in [9.17, 15) is 14.9 Å². The molecule has 0 atom stereocenters. The van der Waals surface area contributed by atoms with Crippen molar-refractivity contribution < 1.29 is 19.2 Å². The van der Waals surface area contributed by atoms with Crippen LogP contribution in [0.2, 0.25) is 0 Å². The van der Waals surface area contributed by atoms with Crippen LogP contribution in [0.3, 0.4) is 0 Å². The van der Waals surface area contributed by atoms with Crippen LogP contribution in [0.4, 0.5) is 15.8 Å². The number of ether oxygens (including phenoxy) is 2. The number of nitro groups is 1. The fourth-order valence-corrected chi connectivity index (χ4v) is 3.35. The Morgan fingerprint density at radius 2 is 2.22 bits per heavy atom. The number of hydrogen-bond acceptors (Lipinski definition) is 8. The lowest BCUT2D eigenvalue weighted by Crippen LogP contribution is -2.27. The highest BCUT2D eigenvalue weighted by molar-refractivity contribution is 7.18. The maximum Gasteiger partial charge on any atom is 0.345 e. The number of carbonyl (C=O) groups is 1. The Morgan fingerprint density at radius 3 is 2.89 bits per heavy atom. The molecule has 27 heavy (non-hydrogen) atoms. The number of nitrogens with one attached hydrogen (secondary N) is 2. The SMILES string of the molecule is CCOc1cc(NC2CCOCC2)ccc1C(=O)Nc1ncc([N+](=O)[O-])s1. The van der Waals surface area contributed by atoms with E-state index in [2.05, 4.69) is 15.6 Å². The summed E-state index contributed by atoms with van der Waals surface area (Å²) in [4.78, 5) is 26.6. The van der Waals surface area contributed by atoms with Gasteiger partial charge >= 0.3 is 5.00 Å². The molecular weight excluding hydrogens is 372 g/mol. The second kappa shape index (κ2) is 8.78. The lowest BCUT2D eigenvalue weighted by Gasteiger charge is -2.24. The lowest BCUT2D eigenvalue weighted by molar-refractivity contribution is -0.380. The maximum atomic E-state index is 12.6. The molecule has 1 fully saturated rings. The molecule has 1 amide bonds. The van der Waals surface area contributed by atoms with Crippen LogP contribution in [0, 0.1) is 10.1 Å². The Labute approximate surface area is 159 Å². The van der Waals surface area contributed by atoms with Gasteiger partial charge in [-0.1, -0.05) is 0 Å². The van der Waals surface area contributed by atoms with Crippen molar-refractivity contribution in [2.75, 3.05) is 30.5 Å². The average molecular weight is 392 g/mol. The van der Waals surface area contributed by atoms with Crippen molar-refractivity contribution in [3.05, 3.63) is 40.1 Å². The largest absolute Gasteiger partial charge is 0.493 e. The highest BCUT2D eigenvalue weighted by Gasteiger charge is 2.19. The first-order chi connectivity index (χ1) is 13.1. The van der Waals surface area contributed by atoms with Crippen molar-refractivity contribution in [1.82, 2.24) is 4.98 Å². The fourth-order valence-electron chi connectivity index (χ4n) is 2.72. The van der Waals surface area contributed by atoms with E-state index in [1.807, 2.05) is 13.0 Å². The van der Waals surface area contributed by atoms with Gasteiger partial charge in [-0.25, -0.2) is 4.98 Å². The number of hydrogen-bond donors (Lipinski definition) is 2. The zero-order valence-corrected chi connectivity index (χ0v) is 15.6. The first-order valence-corrected chi connectivity index (χ1v) is 9.41. The maximum absolute atomic E-state index is 12.6. The summed E-state index contributed by atoms with van der Waals surface area (Å²) in [6, 6.07) is 5.60. The number of rotatable bonds is 7. The molecule has 9 nitrogen and oxygen atoms in total. The first kappa shape index (κ1) is 19.1. The number of thiazole rings is 1. The smallest absolute Gasteiger partial charge is 0.345 e. The molecule has 144 valence electrons. The van der Waals surface area contributed by atoms with Crippen LogP contribution in [-0.4, -0.2) is 41.7 Å². The molecule has 0 saturated carbocycles. The summed E-state index contributed by atoms with van der Waals surface area (Å²) in [6.45, 7) is 3.71. The number of benzene rings is 1. The molecule has 0 aliphatic carbocycles. The van der Waals surface area contributed by atoms with Gasteiger partial charge in [-0.2, -0.15) is 0 Å². The van der Waals surface area contributed by atoms with E-state index in [0.717, 1.165) is 49.3 Å². The van der Waals surface area contributed by atoms with E-state index < -0.39 is 10.8 Å². The van der Waals surface area contributed by atoms with Crippen molar-refractivity contribution in [2.45, 2.75) is 25.8 Å².